The second-order valence-corrected chi connectivity index (χ2v) is 18.0. The average molecular weight is 764 g/mol. The smallest absolute Gasteiger partial charge is 0.0991 e. The number of hydrogen-bond acceptors (Lipinski definition) is 1. The first-order valence-corrected chi connectivity index (χ1v) is 21.1. The summed E-state index contributed by atoms with van der Waals surface area (Å²) in [6.45, 7) is 9.46. The van der Waals surface area contributed by atoms with Crippen LogP contribution >= 0.6 is 0 Å². The summed E-state index contributed by atoms with van der Waals surface area (Å²) in [7, 11) is 0. The van der Waals surface area contributed by atoms with Crippen molar-refractivity contribution in [3.05, 3.63) is 204 Å². The summed E-state index contributed by atoms with van der Waals surface area (Å²) in [6.07, 6.45) is 0. The van der Waals surface area contributed by atoms with E-state index in [2.05, 4.69) is 191 Å². The number of fused-ring (bicyclic) bond motifs is 6. The Labute approximate surface area is 351 Å². The molecule has 0 fully saturated rings. The van der Waals surface area contributed by atoms with Crippen LogP contribution in [-0.2, 0) is 10.8 Å². The third-order valence-corrected chi connectivity index (χ3v) is 14.1. The third kappa shape index (κ3) is 4.80. The molecule has 2 aliphatic rings. The molecule has 0 amide bonds. The van der Waals surface area contributed by atoms with Gasteiger partial charge in [-0.2, -0.15) is 5.26 Å². The highest BCUT2D eigenvalue weighted by Gasteiger charge is 2.37. The summed E-state index contributed by atoms with van der Waals surface area (Å²) in [4.78, 5) is 0. The van der Waals surface area contributed by atoms with E-state index >= 15 is 0 Å². The van der Waals surface area contributed by atoms with Crippen molar-refractivity contribution in [1.82, 2.24) is 0 Å². The lowest BCUT2D eigenvalue weighted by molar-refractivity contribution is 0.660. The van der Waals surface area contributed by atoms with Gasteiger partial charge in [0.15, 0.2) is 0 Å². The molecular weight excluding hydrogens is 723 g/mol. The first-order valence-electron chi connectivity index (χ1n) is 21.1. The molecule has 0 radical (unpaired) electrons. The van der Waals surface area contributed by atoms with Crippen LogP contribution < -0.4 is 0 Å². The van der Waals surface area contributed by atoms with Gasteiger partial charge in [0.05, 0.1) is 11.6 Å². The molecule has 0 aromatic heterocycles. The number of benzene rings is 10. The molecular formula is C59H41N. The molecule has 10 aromatic carbocycles. The van der Waals surface area contributed by atoms with Gasteiger partial charge >= 0.3 is 0 Å². The van der Waals surface area contributed by atoms with Crippen molar-refractivity contribution in [2.24, 2.45) is 0 Å². The monoisotopic (exact) mass is 763 g/mol. The second kappa shape index (κ2) is 12.4. The lowest BCUT2D eigenvalue weighted by Crippen LogP contribution is -2.14. The Balaban J connectivity index is 1.12. The predicted octanol–water partition coefficient (Wildman–Crippen LogP) is 15.7. The zero-order valence-electron chi connectivity index (χ0n) is 34.2. The fourth-order valence-corrected chi connectivity index (χ4v) is 11.0. The zero-order valence-corrected chi connectivity index (χ0v) is 34.2. The van der Waals surface area contributed by atoms with E-state index in [-0.39, 0.29) is 10.8 Å². The molecule has 60 heavy (non-hydrogen) atoms. The van der Waals surface area contributed by atoms with Gasteiger partial charge in [0.1, 0.15) is 0 Å². The molecule has 0 aliphatic heterocycles. The van der Waals surface area contributed by atoms with Crippen LogP contribution in [0.1, 0.15) is 55.5 Å². The SMILES string of the molecule is CC1(C)c2ccccc2-c2ccc(-c3ccc4ccc5c(-c6ccc7c(c6)C(C)(C)c6ccccc6-7)cc(-c6cccc(-c7cccc(C#N)c7)c6)c6ccc3c4c65)cc21. The van der Waals surface area contributed by atoms with Gasteiger partial charge in [-0.25, -0.2) is 0 Å². The van der Waals surface area contributed by atoms with Gasteiger partial charge in [-0.15, -0.1) is 0 Å². The van der Waals surface area contributed by atoms with Crippen LogP contribution in [0, 0.1) is 11.3 Å². The normalized spacial score (nSPS) is 14.2. The standard InChI is InChI=1S/C59H41N/c1-58(2)52-17-7-5-15-43(52)45-24-21-40(31-54(45)58)42-23-19-36-20-26-48-51(41-22-25-46-44-16-6-8-18-53(44)59(3,4)55(46)32-41)33-50(49-28-27-47(42)56(36)57(48)49)39-14-10-13-38(30-39)37-12-9-11-35(29-37)34-60/h5-33H,1-4H3. The number of nitrogens with zero attached hydrogens (tertiary/aromatic N) is 1. The largest absolute Gasteiger partial charge is 0.192 e. The Hall–Kier alpha value is -7.27. The Morgan fingerprint density at radius 3 is 1.43 bits per heavy atom. The Morgan fingerprint density at radius 1 is 0.333 bits per heavy atom. The van der Waals surface area contributed by atoms with Crippen molar-refractivity contribution in [3.63, 3.8) is 0 Å². The summed E-state index contributed by atoms with van der Waals surface area (Å²) in [5.74, 6) is 0. The predicted molar refractivity (Wildman–Crippen MR) is 252 cm³/mol. The van der Waals surface area contributed by atoms with E-state index in [0.29, 0.717) is 5.56 Å². The average Bonchev–Trinajstić information content (AvgIpc) is 3.66. The van der Waals surface area contributed by atoms with Gasteiger partial charge < -0.3 is 0 Å². The van der Waals surface area contributed by atoms with E-state index in [4.69, 9.17) is 0 Å². The molecule has 12 rings (SSSR count). The topological polar surface area (TPSA) is 23.8 Å². The molecule has 0 spiro atoms. The minimum atomic E-state index is -0.110. The molecule has 282 valence electrons. The molecule has 1 nitrogen and oxygen atoms in total. The highest BCUT2D eigenvalue weighted by Crippen LogP contribution is 2.53. The van der Waals surface area contributed by atoms with Gasteiger partial charge in [-0.3, -0.25) is 0 Å². The maximum Gasteiger partial charge on any atom is 0.0991 e. The molecule has 0 N–H and O–H groups in total. The Morgan fingerprint density at radius 2 is 0.800 bits per heavy atom. The van der Waals surface area contributed by atoms with Gasteiger partial charge in [0.25, 0.3) is 0 Å². The summed E-state index contributed by atoms with van der Waals surface area (Å²) < 4.78 is 0. The Kier molecular flexibility index (Phi) is 7.16. The molecule has 0 saturated carbocycles. The molecule has 0 bridgehead atoms. The van der Waals surface area contributed by atoms with Crippen LogP contribution in [0.5, 0.6) is 0 Å². The summed E-state index contributed by atoms with van der Waals surface area (Å²) in [5.41, 5.74) is 20.8. The van der Waals surface area contributed by atoms with E-state index in [1.54, 1.807) is 0 Å². The minimum absolute atomic E-state index is 0.0776. The molecule has 0 unspecified atom stereocenters. The van der Waals surface area contributed by atoms with Gasteiger partial charge in [0.2, 0.25) is 0 Å². The minimum Gasteiger partial charge on any atom is -0.192 e. The molecule has 0 atom stereocenters. The van der Waals surface area contributed by atoms with Crippen molar-refractivity contribution < 1.29 is 0 Å². The molecule has 1 heteroatoms. The van der Waals surface area contributed by atoms with Crippen molar-refractivity contribution >= 4 is 32.3 Å². The molecule has 0 saturated heterocycles. The summed E-state index contributed by atoms with van der Waals surface area (Å²) in [5, 5.41) is 17.3. The lowest BCUT2D eigenvalue weighted by Gasteiger charge is -2.23. The van der Waals surface area contributed by atoms with Crippen molar-refractivity contribution in [3.8, 4) is 72.8 Å². The fourth-order valence-electron chi connectivity index (χ4n) is 11.0. The van der Waals surface area contributed by atoms with Crippen molar-refractivity contribution in [1.29, 1.82) is 5.26 Å². The Bertz CT molecular complexity index is 3500. The number of rotatable bonds is 4. The van der Waals surface area contributed by atoms with E-state index in [0.717, 1.165) is 16.7 Å². The fraction of sp³-hybridized carbons (Fsp3) is 0.102. The summed E-state index contributed by atoms with van der Waals surface area (Å²) >= 11 is 0. The van der Waals surface area contributed by atoms with Crippen LogP contribution in [0.4, 0.5) is 0 Å². The van der Waals surface area contributed by atoms with Crippen molar-refractivity contribution in [2.45, 2.75) is 38.5 Å². The first-order chi connectivity index (χ1) is 29.2. The maximum atomic E-state index is 9.72. The highest BCUT2D eigenvalue weighted by atomic mass is 14.4. The van der Waals surface area contributed by atoms with E-state index in [1.165, 1.54) is 105 Å². The molecule has 2 aliphatic carbocycles. The van der Waals surface area contributed by atoms with Crippen LogP contribution in [0.25, 0.3) is 99.1 Å². The van der Waals surface area contributed by atoms with E-state index < -0.39 is 0 Å². The van der Waals surface area contributed by atoms with Gasteiger partial charge in [-0.1, -0.05) is 167 Å². The van der Waals surface area contributed by atoms with Crippen LogP contribution in [0.2, 0.25) is 0 Å². The molecule has 0 heterocycles. The lowest BCUT2D eigenvalue weighted by atomic mass is 9.80. The zero-order chi connectivity index (χ0) is 40.5. The van der Waals surface area contributed by atoms with E-state index in [9.17, 15) is 5.26 Å². The van der Waals surface area contributed by atoms with Gasteiger partial charge in [0, 0.05) is 10.8 Å². The third-order valence-electron chi connectivity index (χ3n) is 14.1. The molecule has 10 aromatic rings. The second-order valence-electron chi connectivity index (χ2n) is 18.0. The van der Waals surface area contributed by atoms with Crippen LogP contribution in [0.15, 0.2) is 176 Å². The summed E-state index contributed by atoms with van der Waals surface area (Å²) in [6, 6.07) is 67.7. The quantitative estimate of drug-likeness (QED) is 0.164. The number of hydrogen-bond donors (Lipinski definition) is 0. The first kappa shape index (κ1) is 34.7. The van der Waals surface area contributed by atoms with Crippen LogP contribution in [0.3, 0.4) is 0 Å². The maximum absolute atomic E-state index is 9.72. The van der Waals surface area contributed by atoms with Crippen LogP contribution in [-0.4, -0.2) is 0 Å². The van der Waals surface area contributed by atoms with Gasteiger partial charge in [-0.05, 0) is 158 Å². The van der Waals surface area contributed by atoms with Crippen molar-refractivity contribution in [2.75, 3.05) is 0 Å². The van der Waals surface area contributed by atoms with E-state index in [1.807, 2.05) is 18.2 Å². The number of nitriles is 1. The highest BCUT2D eigenvalue weighted by molar-refractivity contribution is 6.30.